The molecule has 0 amide bonds. The largest absolute Gasteiger partial charge is 0.493 e. The van der Waals surface area contributed by atoms with Crippen LogP contribution in [0.5, 0.6) is 5.75 Å². The number of nitrogens with one attached hydrogen (secondary N) is 1. The van der Waals surface area contributed by atoms with E-state index in [9.17, 15) is 0 Å². The lowest BCUT2D eigenvalue weighted by Gasteiger charge is -2.31. The molecule has 3 N–H and O–H groups in total. The Hall–Kier alpha value is -1.43. The highest BCUT2D eigenvalue weighted by atomic mass is 79.9. The maximum atomic E-state index is 5.85. The minimum Gasteiger partial charge on any atom is -0.493 e. The molecule has 2 unspecified atom stereocenters. The third kappa shape index (κ3) is 3.43. The zero-order valence-electron chi connectivity index (χ0n) is 11.6. The van der Waals surface area contributed by atoms with E-state index in [0.29, 0.717) is 12.5 Å². The molecular weight excluding hydrogens is 330 g/mol. The van der Waals surface area contributed by atoms with Gasteiger partial charge < -0.3 is 4.74 Å². The van der Waals surface area contributed by atoms with E-state index in [4.69, 9.17) is 10.6 Å². The summed E-state index contributed by atoms with van der Waals surface area (Å²) in [4.78, 5) is 4.42. The number of hydrogen-bond donors (Lipinski definition) is 2. The zero-order chi connectivity index (χ0) is 14.7. The van der Waals surface area contributed by atoms with Gasteiger partial charge in [0.05, 0.1) is 6.61 Å². The molecule has 1 aromatic heterocycles. The van der Waals surface area contributed by atoms with Gasteiger partial charge in [-0.25, -0.2) is 0 Å². The molecular formula is C16H18BrN3O. The standard InChI is InChI=1S/C16H18BrN3O/c17-13-5-6-14(19-9-13)8-15(20-18)12-7-11-3-1-2-4-16(11)21-10-12/h1-6,9,12,15,20H,7-8,10,18H2. The number of pyridine rings is 1. The Labute approximate surface area is 132 Å². The molecule has 2 heterocycles. The van der Waals surface area contributed by atoms with Gasteiger partial charge in [0.2, 0.25) is 0 Å². The molecule has 3 rings (SSSR count). The Balaban J connectivity index is 1.71. The van der Waals surface area contributed by atoms with Crippen molar-refractivity contribution < 1.29 is 4.74 Å². The number of ether oxygens (including phenoxy) is 1. The predicted molar refractivity (Wildman–Crippen MR) is 85.9 cm³/mol. The summed E-state index contributed by atoms with van der Waals surface area (Å²) in [6.07, 6.45) is 3.58. The molecule has 0 saturated carbocycles. The molecule has 2 atom stereocenters. The summed E-state index contributed by atoms with van der Waals surface area (Å²) in [6, 6.07) is 12.4. The quantitative estimate of drug-likeness (QED) is 0.658. The number of para-hydroxylation sites is 1. The number of hydrogen-bond acceptors (Lipinski definition) is 4. The van der Waals surface area contributed by atoms with Crippen molar-refractivity contribution in [1.29, 1.82) is 0 Å². The smallest absolute Gasteiger partial charge is 0.122 e. The van der Waals surface area contributed by atoms with Gasteiger partial charge in [0.15, 0.2) is 0 Å². The number of fused-ring (bicyclic) bond motifs is 1. The first-order valence-electron chi connectivity index (χ1n) is 7.03. The number of halogens is 1. The summed E-state index contributed by atoms with van der Waals surface area (Å²) in [7, 11) is 0. The second-order valence-electron chi connectivity index (χ2n) is 5.33. The fraction of sp³-hybridized carbons (Fsp3) is 0.312. The van der Waals surface area contributed by atoms with Crippen molar-refractivity contribution in [2.45, 2.75) is 18.9 Å². The topological polar surface area (TPSA) is 60.2 Å². The van der Waals surface area contributed by atoms with E-state index in [-0.39, 0.29) is 6.04 Å². The molecule has 0 saturated heterocycles. The second kappa shape index (κ2) is 6.56. The Morgan fingerprint density at radius 3 is 2.95 bits per heavy atom. The average Bonchev–Trinajstić information content (AvgIpc) is 2.54. The van der Waals surface area contributed by atoms with Gasteiger partial charge in [0.25, 0.3) is 0 Å². The fourth-order valence-electron chi connectivity index (χ4n) is 2.72. The number of aromatic nitrogens is 1. The van der Waals surface area contributed by atoms with Crippen molar-refractivity contribution in [2.24, 2.45) is 11.8 Å². The van der Waals surface area contributed by atoms with Crippen LogP contribution in [0, 0.1) is 5.92 Å². The van der Waals surface area contributed by atoms with Crippen LogP contribution in [0.2, 0.25) is 0 Å². The molecule has 5 heteroatoms. The molecule has 0 fully saturated rings. The van der Waals surface area contributed by atoms with Gasteiger partial charge in [-0.05, 0) is 46.1 Å². The van der Waals surface area contributed by atoms with Crippen LogP contribution >= 0.6 is 15.9 Å². The summed E-state index contributed by atoms with van der Waals surface area (Å²) in [6.45, 7) is 0.683. The van der Waals surface area contributed by atoms with Gasteiger partial charge in [0.1, 0.15) is 5.75 Å². The summed E-state index contributed by atoms with van der Waals surface area (Å²) in [5.41, 5.74) is 5.21. The molecule has 0 spiro atoms. The van der Waals surface area contributed by atoms with E-state index >= 15 is 0 Å². The Morgan fingerprint density at radius 1 is 1.33 bits per heavy atom. The molecule has 21 heavy (non-hydrogen) atoms. The summed E-state index contributed by atoms with van der Waals surface area (Å²) in [5, 5.41) is 0. The molecule has 0 radical (unpaired) electrons. The molecule has 4 nitrogen and oxygen atoms in total. The first-order chi connectivity index (χ1) is 10.3. The molecule has 2 aromatic rings. The van der Waals surface area contributed by atoms with E-state index < -0.39 is 0 Å². The van der Waals surface area contributed by atoms with E-state index in [1.807, 2.05) is 36.5 Å². The SMILES string of the molecule is NNC(Cc1ccc(Br)cn1)C1COc2ccccc2C1. The van der Waals surface area contributed by atoms with Crippen LogP contribution in [0.4, 0.5) is 0 Å². The van der Waals surface area contributed by atoms with Gasteiger partial charge in [-0.3, -0.25) is 16.3 Å². The monoisotopic (exact) mass is 347 g/mol. The van der Waals surface area contributed by atoms with Crippen LogP contribution < -0.4 is 16.0 Å². The van der Waals surface area contributed by atoms with Crippen molar-refractivity contribution in [3.63, 3.8) is 0 Å². The third-order valence-corrected chi connectivity index (χ3v) is 4.38. The Bertz CT molecular complexity index is 603. The van der Waals surface area contributed by atoms with Gasteiger partial charge >= 0.3 is 0 Å². The third-order valence-electron chi connectivity index (χ3n) is 3.91. The highest BCUT2D eigenvalue weighted by Crippen LogP contribution is 2.28. The fourth-order valence-corrected chi connectivity index (χ4v) is 2.96. The maximum Gasteiger partial charge on any atom is 0.122 e. The molecule has 110 valence electrons. The van der Waals surface area contributed by atoms with E-state index in [2.05, 4.69) is 32.4 Å². The van der Waals surface area contributed by atoms with Gasteiger partial charge in [-0.1, -0.05) is 18.2 Å². The summed E-state index contributed by atoms with van der Waals surface area (Å²) in [5.74, 6) is 7.09. The summed E-state index contributed by atoms with van der Waals surface area (Å²) >= 11 is 3.40. The van der Waals surface area contributed by atoms with Crippen LogP contribution in [0.3, 0.4) is 0 Å². The van der Waals surface area contributed by atoms with Gasteiger partial charge in [-0.15, -0.1) is 0 Å². The van der Waals surface area contributed by atoms with E-state index in [1.54, 1.807) is 0 Å². The first kappa shape index (κ1) is 14.5. The van der Waals surface area contributed by atoms with Gasteiger partial charge in [-0.2, -0.15) is 0 Å². The lowest BCUT2D eigenvalue weighted by molar-refractivity contribution is 0.183. The van der Waals surface area contributed by atoms with Crippen molar-refractivity contribution in [1.82, 2.24) is 10.4 Å². The van der Waals surface area contributed by atoms with Crippen LogP contribution in [-0.2, 0) is 12.8 Å². The minimum atomic E-state index is 0.145. The highest BCUT2D eigenvalue weighted by Gasteiger charge is 2.27. The van der Waals surface area contributed by atoms with Crippen molar-refractivity contribution in [2.75, 3.05) is 6.61 Å². The van der Waals surface area contributed by atoms with E-state index in [0.717, 1.165) is 28.8 Å². The molecule has 1 aliphatic heterocycles. The minimum absolute atomic E-state index is 0.145. The number of benzene rings is 1. The van der Waals surface area contributed by atoms with Crippen LogP contribution in [0.1, 0.15) is 11.3 Å². The van der Waals surface area contributed by atoms with Crippen LogP contribution in [0.25, 0.3) is 0 Å². The zero-order valence-corrected chi connectivity index (χ0v) is 13.2. The van der Waals surface area contributed by atoms with Crippen LogP contribution in [0.15, 0.2) is 47.1 Å². The molecule has 0 bridgehead atoms. The molecule has 0 aliphatic carbocycles. The highest BCUT2D eigenvalue weighted by molar-refractivity contribution is 9.10. The summed E-state index contributed by atoms with van der Waals surface area (Å²) < 4.78 is 6.84. The average molecular weight is 348 g/mol. The Kier molecular flexibility index (Phi) is 4.53. The lowest BCUT2D eigenvalue weighted by Crippen LogP contribution is -2.46. The Morgan fingerprint density at radius 2 is 2.19 bits per heavy atom. The van der Waals surface area contributed by atoms with Crippen LogP contribution in [-0.4, -0.2) is 17.6 Å². The van der Waals surface area contributed by atoms with Crippen molar-refractivity contribution >= 4 is 15.9 Å². The number of nitrogens with zero attached hydrogens (tertiary/aromatic N) is 1. The molecule has 1 aliphatic rings. The van der Waals surface area contributed by atoms with Crippen molar-refractivity contribution in [3.05, 3.63) is 58.3 Å². The van der Waals surface area contributed by atoms with E-state index in [1.165, 1.54) is 5.56 Å². The maximum absolute atomic E-state index is 5.85. The van der Waals surface area contributed by atoms with Crippen molar-refractivity contribution in [3.8, 4) is 5.75 Å². The lowest BCUT2D eigenvalue weighted by atomic mass is 9.88. The number of rotatable bonds is 4. The second-order valence-corrected chi connectivity index (χ2v) is 6.24. The van der Waals surface area contributed by atoms with Gasteiger partial charge in [0, 0.05) is 34.7 Å². The number of hydrazine groups is 1. The first-order valence-corrected chi connectivity index (χ1v) is 7.83. The number of nitrogens with two attached hydrogens (primary N) is 1. The predicted octanol–water partition coefficient (Wildman–Crippen LogP) is 2.47. The molecule has 1 aromatic carbocycles. The normalized spacial score (nSPS) is 18.7.